The van der Waals surface area contributed by atoms with Gasteiger partial charge in [-0.1, -0.05) is 25.4 Å². The van der Waals surface area contributed by atoms with Gasteiger partial charge in [0.25, 0.3) is 0 Å². The first kappa shape index (κ1) is 14.8. The van der Waals surface area contributed by atoms with E-state index in [-0.39, 0.29) is 30.8 Å². The van der Waals surface area contributed by atoms with Gasteiger partial charge in [0.15, 0.2) is 0 Å². The van der Waals surface area contributed by atoms with Crippen molar-refractivity contribution in [3.05, 3.63) is 34.6 Å². The molecule has 0 saturated carbocycles. The summed E-state index contributed by atoms with van der Waals surface area (Å²) in [4.78, 5) is 25.4. The fourth-order valence-corrected chi connectivity index (χ4v) is 2.54. The van der Waals surface area contributed by atoms with E-state index >= 15 is 0 Å². The van der Waals surface area contributed by atoms with Gasteiger partial charge in [-0.2, -0.15) is 0 Å². The van der Waals surface area contributed by atoms with Crippen LogP contribution < -0.4 is 5.32 Å². The largest absolute Gasteiger partial charge is 0.345 e. The molecule has 1 unspecified atom stereocenters. The summed E-state index contributed by atoms with van der Waals surface area (Å²) in [7, 11) is 0. The number of hydrogen-bond acceptors (Lipinski definition) is 2. The van der Waals surface area contributed by atoms with Gasteiger partial charge in [-0.15, -0.1) is 0 Å². The first-order valence-electron chi connectivity index (χ1n) is 6.41. The van der Waals surface area contributed by atoms with Crippen LogP contribution >= 0.6 is 11.6 Å². The quantitative estimate of drug-likeness (QED) is 0.927. The summed E-state index contributed by atoms with van der Waals surface area (Å²) < 4.78 is 13.3. The summed E-state index contributed by atoms with van der Waals surface area (Å²) in [5.74, 6) is -0.832. The molecule has 108 valence electrons. The molecule has 1 aliphatic heterocycles. The highest BCUT2D eigenvalue weighted by Gasteiger charge is 2.36. The normalized spacial score (nSPS) is 19.4. The zero-order valence-corrected chi connectivity index (χ0v) is 12.1. The number of piperazine rings is 1. The summed E-state index contributed by atoms with van der Waals surface area (Å²) in [6.45, 7) is 3.83. The van der Waals surface area contributed by atoms with Crippen molar-refractivity contribution in [1.29, 1.82) is 0 Å². The fourth-order valence-electron chi connectivity index (χ4n) is 2.36. The van der Waals surface area contributed by atoms with Gasteiger partial charge in [0.05, 0.1) is 6.54 Å². The number of carbonyl (C=O) groups excluding carboxylic acids is 2. The van der Waals surface area contributed by atoms with Crippen molar-refractivity contribution in [3.8, 4) is 0 Å². The predicted octanol–water partition coefficient (Wildman–Crippen LogP) is 1.96. The summed E-state index contributed by atoms with van der Waals surface area (Å²) in [5, 5.41) is 2.95. The molecule has 0 aliphatic carbocycles. The maximum Gasteiger partial charge on any atom is 0.243 e. The summed E-state index contributed by atoms with van der Waals surface area (Å²) in [6.07, 6.45) is 0. The number of nitrogens with one attached hydrogen (secondary N) is 1. The Kier molecular flexibility index (Phi) is 4.28. The monoisotopic (exact) mass is 298 g/mol. The van der Waals surface area contributed by atoms with E-state index in [4.69, 9.17) is 11.6 Å². The van der Waals surface area contributed by atoms with Gasteiger partial charge < -0.3 is 10.2 Å². The Morgan fingerprint density at radius 2 is 2.15 bits per heavy atom. The first-order chi connectivity index (χ1) is 9.40. The van der Waals surface area contributed by atoms with Crippen molar-refractivity contribution in [2.75, 3.05) is 6.54 Å². The molecule has 20 heavy (non-hydrogen) atoms. The van der Waals surface area contributed by atoms with Crippen molar-refractivity contribution >= 4 is 23.4 Å². The van der Waals surface area contributed by atoms with E-state index in [0.717, 1.165) is 0 Å². The molecule has 4 nitrogen and oxygen atoms in total. The lowest BCUT2D eigenvalue weighted by molar-refractivity contribution is -0.148. The van der Waals surface area contributed by atoms with E-state index in [2.05, 4.69) is 5.32 Å². The third-order valence-corrected chi connectivity index (χ3v) is 3.69. The van der Waals surface area contributed by atoms with Crippen LogP contribution in [0.15, 0.2) is 18.2 Å². The molecule has 1 aliphatic rings. The van der Waals surface area contributed by atoms with E-state index in [1.165, 1.54) is 23.1 Å². The number of nitrogens with zero attached hydrogens (tertiary/aromatic N) is 1. The molecule has 2 rings (SSSR count). The molecule has 1 aromatic rings. The van der Waals surface area contributed by atoms with Crippen LogP contribution in [0.4, 0.5) is 4.39 Å². The molecule has 6 heteroatoms. The second kappa shape index (κ2) is 5.79. The SMILES string of the molecule is CC(C)C1C(=O)NCC(=O)N1Cc1cc(F)ccc1Cl. The van der Waals surface area contributed by atoms with Crippen LogP contribution in [0.3, 0.4) is 0 Å². The molecule has 1 saturated heterocycles. The number of amides is 2. The fraction of sp³-hybridized carbons (Fsp3) is 0.429. The molecular formula is C14H16ClFN2O2. The van der Waals surface area contributed by atoms with Gasteiger partial charge in [0.1, 0.15) is 11.9 Å². The van der Waals surface area contributed by atoms with Crippen molar-refractivity contribution in [3.63, 3.8) is 0 Å². The number of halogens is 2. The molecule has 2 amide bonds. The van der Waals surface area contributed by atoms with E-state index in [9.17, 15) is 14.0 Å². The van der Waals surface area contributed by atoms with Crippen LogP contribution in [0.2, 0.25) is 5.02 Å². The van der Waals surface area contributed by atoms with Gasteiger partial charge in [-0.25, -0.2) is 4.39 Å². The van der Waals surface area contributed by atoms with E-state index in [1.807, 2.05) is 13.8 Å². The molecule has 0 bridgehead atoms. The van der Waals surface area contributed by atoms with Crippen LogP contribution in [0.5, 0.6) is 0 Å². The highest BCUT2D eigenvalue weighted by molar-refractivity contribution is 6.31. The summed E-state index contributed by atoms with van der Waals surface area (Å²) in [5.41, 5.74) is 0.500. The van der Waals surface area contributed by atoms with Gasteiger partial charge in [0, 0.05) is 11.6 Å². The molecule has 1 N–H and O–H groups in total. The van der Waals surface area contributed by atoms with Gasteiger partial charge in [-0.3, -0.25) is 9.59 Å². The Balaban J connectivity index is 2.30. The van der Waals surface area contributed by atoms with Crippen LogP contribution in [0.1, 0.15) is 19.4 Å². The van der Waals surface area contributed by atoms with Crippen molar-refractivity contribution in [2.24, 2.45) is 5.92 Å². The highest BCUT2D eigenvalue weighted by atomic mass is 35.5. The maximum absolute atomic E-state index is 13.3. The Morgan fingerprint density at radius 1 is 1.45 bits per heavy atom. The zero-order chi connectivity index (χ0) is 14.9. The average molecular weight is 299 g/mol. The number of rotatable bonds is 3. The van der Waals surface area contributed by atoms with Crippen molar-refractivity contribution in [2.45, 2.75) is 26.4 Å². The molecule has 1 fully saturated rings. The van der Waals surface area contributed by atoms with Crippen molar-refractivity contribution in [1.82, 2.24) is 10.2 Å². The predicted molar refractivity (Wildman–Crippen MR) is 73.6 cm³/mol. The van der Waals surface area contributed by atoms with E-state index < -0.39 is 11.9 Å². The van der Waals surface area contributed by atoms with Crippen LogP contribution in [0.25, 0.3) is 0 Å². The smallest absolute Gasteiger partial charge is 0.243 e. The van der Waals surface area contributed by atoms with Gasteiger partial charge in [-0.05, 0) is 29.7 Å². The Bertz CT molecular complexity index is 548. The Hall–Kier alpha value is -1.62. The summed E-state index contributed by atoms with van der Waals surface area (Å²) >= 11 is 6.02. The minimum atomic E-state index is -0.560. The molecule has 0 aromatic heterocycles. The maximum atomic E-state index is 13.3. The lowest BCUT2D eigenvalue weighted by Crippen LogP contribution is -2.59. The zero-order valence-electron chi connectivity index (χ0n) is 11.3. The minimum Gasteiger partial charge on any atom is -0.345 e. The molecular weight excluding hydrogens is 283 g/mol. The molecule has 1 aromatic carbocycles. The lowest BCUT2D eigenvalue weighted by atomic mass is 9.98. The first-order valence-corrected chi connectivity index (χ1v) is 6.79. The number of benzene rings is 1. The Morgan fingerprint density at radius 3 is 2.80 bits per heavy atom. The van der Waals surface area contributed by atoms with Gasteiger partial charge in [0.2, 0.25) is 11.8 Å². The standard InChI is InChI=1S/C14H16ClFN2O2/c1-8(2)13-14(20)17-6-12(19)18(13)7-9-5-10(16)3-4-11(9)15/h3-5,8,13H,6-7H2,1-2H3,(H,17,20). The third-order valence-electron chi connectivity index (χ3n) is 3.32. The molecule has 1 atom stereocenters. The number of carbonyl (C=O) groups is 2. The molecule has 0 radical (unpaired) electrons. The number of hydrogen-bond donors (Lipinski definition) is 1. The van der Waals surface area contributed by atoms with E-state index in [1.54, 1.807) is 0 Å². The average Bonchev–Trinajstić information content (AvgIpc) is 2.37. The lowest BCUT2D eigenvalue weighted by Gasteiger charge is -2.37. The highest BCUT2D eigenvalue weighted by Crippen LogP contribution is 2.23. The molecule has 0 spiro atoms. The second-order valence-corrected chi connectivity index (χ2v) is 5.57. The van der Waals surface area contributed by atoms with Crippen LogP contribution in [-0.4, -0.2) is 29.3 Å². The van der Waals surface area contributed by atoms with E-state index in [0.29, 0.717) is 10.6 Å². The minimum absolute atomic E-state index is 0.0327. The second-order valence-electron chi connectivity index (χ2n) is 5.16. The van der Waals surface area contributed by atoms with Crippen LogP contribution in [0, 0.1) is 11.7 Å². The van der Waals surface area contributed by atoms with Crippen LogP contribution in [-0.2, 0) is 16.1 Å². The van der Waals surface area contributed by atoms with Crippen molar-refractivity contribution < 1.29 is 14.0 Å². The van der Waals surface area contributed by atoms with Gasteiger partial charge >= 0.3 is 0 Å². The summed E-state index contributed by atoms with van der Waals surface area (Å²) in [6, 6.07) is 3.44. The Labute approximate surface area is 121 Å². The third kappa shape index (κ3) is 2.93. The topological polar surface area (TPSA) is 49.4 Å². The molecule has 1 heterocycles.